The van der Waals surface area contributed by atoms with Crippen molar-refractivity contribution in [2.24, 2.45) is 4.99 Å². The van der Waals surface area contributed by atoms with Crippen molar-refractivity contribution >= 4 is 17.6 Å². The average molecular weight is 437 g/mol. The molecule has 0 aliphatic carbocycles. The third-order valence-electron chi connectivity index (χ3n) is 4.87. The van der Waals surface area contributed by atoms with Crippen molar-refractivity contribution in [3.8, 4) is 5.75 Å². The summed E-state index contributed by atoms with van der Waals surface area (Å²) in [4.78, 5) is 16.1. The highest BCUT2D eigenvalue weighted by molar-refractivity contribution is 5.80. The highest BCUT2D eigenvalue weighted by Crippen LogP contribution is 2.27. The molecule has 1 saturated heterocycles. The van der Waals surface area contributed by atoms with Crippen LogP contribution in [-0.4, -0.2) is 74.3 Å². The van der Waals surface area contributed by atoms with Gasteiger partial charge in [0.15, 0.2) is 5.96 Å². The first-order valence-corrected chi connectivity index (χ1v) is 9.89. The molecule has 0 spiro atoms. The van der Waals surface area contributed by atoms with Gasteiger partial charge in [-0.15, -0.1) is 0 Å². The van der Waals surface area contributed by atoms with Crippen molar-refractivity contribution < 1.29 is 17.9 Å². The molecular weight excluding hydrogens is 411 g/mol. The van der Waals surface area contributed by atoms with Crippen LogP contribution in [0, 0.1) is 0 Å². The fourth-order valence-electron chi connectivity index (χ4n) is 3.25. The number of rotatable bonds is 6. The predicted octanol–water partition coefficient (Wildman–Crippen LogP) is 2.31. The number of piperazine rings is 1. The molecule has 1 aromatic carbocycles. The number of ether oxygens (including phenoxy) is 1. The topological polar surface area (TPSA) is 77.9 Å². The van der Waals surface area contributed by atoms with Gasteiger partial charge in [0.1, 0.15) is 11.4 Å². The molecule has 0 unspecified atom stereocenters. The highest BCUT2D eigenvalue weighted by atomic mass is 19.4. The lowest BCUT2D eigenvalue weighted by molar-refractivity contribution is -0.141. The van der Waals surface area contributed by atoms with Gasteiger partial charge in [0, 0.05) is 58.2 Å². The zero-order chi connectivity index (χ0) is 22.3. The van der Waals surface area contributed by atoms with Crippen molar-refractivity contribution in [1.29, 1.82) is 0 Å². The fourth-order valence-corrected chi connectivity index (χ4v) is 3.25. The zero-order valence-electron chi connectivity index (χ0n) is 17.5. The van der Waals surface area contributed by atoms with Gasteiger partial charge >= 0.3 is 6.18 Å². The van der Waals surface area contributed by atoms with Crippen LogP contribution >= 0.6 is 0 Å². The molecule has 11 heteroatoms. The highest BCUT2D eigenvalue weighted by Gasteiger charge is 2.32. The van der Waals surface area contributed by atoms with Gasteiger partial charge in [0.25, 0.3) is 0 Å². The van der Waals surface area contributed by atoms with Gasteiger partial charge in [-0.1, -0.05) is 0 Å². The molecule has 3 rings (SSSR count). The molecule has 1 aliphatic rings. The van der Waals surface area contributed by atoms with E-state index in [4.69, 9.17) is 4.74 Å². The Morgan fingerprint density at radius 1 is 1.10 bits per heavy atom. The third-order valence-corrected chi connectivity index (χ3v) is 4.87. The van der Waals surface area contributed by atoms with Gasteiger partial charge < -0.3 is 25.2 Å². The summed E-state index contributed by atoms with van der Waals surface area (Å²) in [6.07, 6.45) is -3.40. The summed E-state index contributed by atoms with van der Waals surface area (Å²) in [6.45, 7) is 4.12. The van der Waals surface area contributed by atoms with E-state index in [0.717, 1.165) is 55.8 Å². The number of benzene rings is 1. The number of nitrogens with one attached hydrogen (secondary N) is 2. The quantitative estimate of drug-likeness (QED) is 0.408. The summed E-state index contributed by atoms with van der Waals surface area (Å²) in [6, 6.07) is 8.83. The second-order valence-corrected chi connectivity index (χ2v) is 6.84. The first-order valence-electron chi connectivity index (χ1n) is 9.89. The Morgan fingerprint density at radius 3 is 2.42 bits per heavy atom. The number of guanidine groups is 1. The number of alkyl halides is 3. The molecule has 0 amide bonds. The number of halogens is 3. The van der Waals surface area contributed by atoms with Gasteiger partial charge in [-0.25, -0.2) is 9.97 Å². The average Bonchev–Trinajstić information content (AvgIpc) is 2.79. The lowest BCUT2D eigenvalue weighted by atomic mass is 10.2. The Morgan fingerprint density at radius 2 is 1.81 bits per heavy atom. The fraction of sp³-hybridized carbons (Fsp3) is 0.450. The number of hydrogen-bond acceptors (Lipinski definition) is 6. The summed E-state index contributed by atoms with van der Waals surface area (Å²) in [5, 5.41) is 6.03. The number of anilines is 2. The standard InChI is InChI=1S/C20H26F3N7O/c1-24-19(27-10-9-26-18-25-8-7-17(28-18)20(21,22)23)30-13-11-29(12-14-30)15-3-5-16(31-2)6-4-15/h3-8H,9-14H2,1-2H3,(H,24,27)(H,25,26,28). The van der Waals surface area contributed by atoms with Crippen LogP contribution in [0.15, 0.2) is 41.5 Å². The molecule has 2 heterocycles. The molecule has 168 valence electrons. The Hall–Kier alpha value is -3.24. The number of hydrogen-bond donors (Lipinski definition) is 2. The Bertz CT molecular complexity index is 866. The molecule has 1 aliphatic heterocycles. The van der Waals surface area contributed by atoms with Crippen LogP contribution in [0.3, 0.4) is 0 Å². The van der Waals surface area contributed by atoms with Crippen LogP contribution in [0.1, 0.15) is 5.69 Å². The minimum absolute atomic E-state index is 0.0558. The van der Waals surface area contributed by atoms with Crippen LogP contribution < -0.4 is 20.3 Å². The van der Waals surface area contributed by atoms with Gasteiger partial charge in [-0.3, -0.25) is 4.99 Å². The summed E-state index contributed by atoms with van der Waals surface area (Å²) in [5.74, 6) is 1.52. The summed E-state index contributed by atoms with van der Waals surface area (Å²) in [5.41, 5.74) is 0.178. The molecule has 1 aromatic heterocycles. The number of nitrogens with zero attached hydrogens (tertiary/aromatic N) is 5. The molecule has 2 aromatic rings. The Balaban J connectivity index is 1.44. The van der Waals surface area contributed by atoms with Crippen molar-refractivity contribution in [2.75, 3.05) is 63.6 Å². The maximum atomic E-state index is 12.7. The van der Waals surface area contributed by atoms with Gasteiger partial charge in [0.05, 0.1) is 7.11 Å². The lowest BCUT2D eigenvalue weighted by Gasteiger charge is -2.37. The van der Waals surface area contributed by atoms with Gasteiger partial charge in [-0.2, -0.15) is 13.2 Å². The van der Waals surface area contributed by atoms with E-state index in [1.807, 2.05) is 24.3 Å². The van der Waals surface area contributed by atoms with Crippen molar-refractivity contribution in [1.82, 2.24) is 20.2 Å². The smallest absolute Gasteiger partial charge is 0.433 e. The SMILES string of the molecule is CN=C(NCCNc1nccc(C(F)(F)F)n1)N1CCN(c2ccc(OC)cc2)CC1. The zero-order valence-corrected chi connectivity index (χ0v) is 17.5. The first-order chi connectivity index (χ1) is 14.9. The van der Waals surface area contributed by atoms with Crippen LogP contribution in [0.25, 0.3) is 0 Å². The minimum Gasteiger partial charge on any atom is -0.497 e. The summed E-state index contributed by atoms with van der Waals surface area (Å²) >= 11 is 0. The van der Waals surface area contributed by atoms with Crippen molar-refractivity contribution in [2.45, 2.75) is 6.18 Å². The van der Waals surface area contributed by atoms with Crippen LogP contribution in [0.2, 0.25) is 0 Å². The maximum absolute atomic E-state index is 12.7. The maximum Gasteiger partial charge on any atom is 0.433 e. The molecule has 0 radical (unpaired) electrons. The van der Waals surface area contributed by atoms with E-state index >= 15 is 0 Å². The molecular formula is C20H26F3N7O. The van der Waals surface area contributed by atoms with Gasteiger partial charge in [0.2, 0.25) is 5.95 Å². The van der Waals surface area contributed by atoms with E-state index in [1.165, 1.54) is 0 Å². The lowest BCUT2D eigenvalue weighted by Crippen LogP contribution is -2.53. The minimum atomic E-state index is -4.49. The first kappa shape index (κ1) is 22.4. The van der Waals surface area contributed by atoms with Crippen molar-refractivity contribution in [3.05, 3.63) is 42.2 Å². The summed E-state index contributed by atoms with van der Waals surface area (Å²) < 4.78 is 43.4. The monoisotopic (exact) mass is 437 g/mol. The molecule has 0 bridgehead atoms. The number of methoxy groups -OCH3 is 1. The normalized spacial score (nSPS) is 15.1. The van der Waals surface area contributed by atoms with E-state index in [9.17, 15) is 13.2 Å². The predicted molar refractivity (Wildman–Crippen MR) is 114 cm³/mol. The second-order valence-electron chi connectivity index (χ2n) is 6.84. The Labute approximate surface area is 179 Å². The van der Waals surface area contributed by atoms with Crippen LogP contribution in [-0.2, 0) is 6.18 Å². The molecule has 2 N–H and O–H groups in total. The van der Waals surface area contributed by atoms with E-state index in [2.05, 4.69) is 35.4 Å². The number of aromatic nitrogens is 2. The molecule has 1 fully saturated rings. The van der Waals surface area contributed by atoms with E-state index in [0.29, 0.717) is 13.1 Å². The summed E-state index contributed by atoms with van der Waals surface area (Å²) in [7, 11) is 3.36. The largest absolute Gasteiger partial charge is 0.497 e. The molecule has 8 nitrogen and oxygen atoms in total. The molecule has 31 heavy (non-hydrogen) atoms. The number of aliphatic imine (C=N–C) groups is 1. The van der Waals surface area contributed by atoms with Crippen LogP contribution in [0.5, 0.6) is 5.75 Å². The van der Waals surface area contributed by atoms with Gasteiger partial charge in [-0.05, 0) is 30.3 Å². The van der Waals surface area contributed by atoms with E-state index in [-0.39, 0.29) is 5.95 Å². The Kier molecular flexibility index (Phi) is 7.37. The molecule has 0 atom stereocenters. The molecule has 0 saturated carbocycles. The second kappa shape index (κ2) is 10.2. The van der Waals surface area contributed by atoms with E-state index in [1.54, 1.807) is 14.2 Å². The van der Waals surface area contributed by atoms with Crippen molar-refractivity contribution in [3.63, 3.8) is 0 Å². The third kappa shape index (κ3) is 6.12. The van der Waals surface area contributed by atoms with Crippen LogP contribution in [0.4, 0.5) is 24.8 Å². The van der Waals surface area contributed by atoms with E-state index < -0.39 is 11.9 Å².